The summed E-state index contributed by atoms with van der Waals surface area (Å²) in [6, 6.07) is 3.92. The van der Waals surface area contributed by atoms with Crippen LogP contribution in [-0.2, 0) is 4.79 Å². The van der Waals surface area contributed by atoms with Crippen LogP contribution in [0.2, 0.25) is 0 Å². The van der Waals surface area contributed by atoms with E-state index in [9.17, 15) is 9.59 Å². The monoisotopic (exact) mass is 243 g/mol. The van der Waals surface area contributed by atoms with Crippen molar-refractivity contribution in [3.05, 3.63) is 28.8 Å². The van der Waals surface area contributed by atoms with Crippen molar-refractivity contribution in [1.29, 1.82) is 0 Å². The number of hydrogen-bond donors (Lipinski definition) is 0. The fourth-order valence-electron chi connectivity index (χ4n) is 2.87. The molecule has 1 fully saturated rings. The van der Waals surface area contributed by atoms with Crippen LogP contribution in [0.25, 0.3) is 0 Å². The molecule has 1 aliphatic carbocycles. The molecule has 1 aromatic carbocycles. The number of rotatable bonds is 2. The van der Waals surface area contributed by atoms with Crippen molar-refractivity contribution in [2.75, 3.05) is 11.4 Å². The average Bonchev–Trinajstić information content (AvgIpc) is 2.54. The minimum absolute atomic E-state index is 0.328. The zero-order valence-corrected chi connectivity index (χ0v) is 10.8. The molecule has 0 bridgehead atoms. The highest BCUT2D eigenvalue weighted by molar-refractivity contribution is 6.52. The third-order valence-electron chi connectivity index (χ3n) is 4.19. The molecule has 0 aromatic heterocycles. The van der Waals surface area contributed by atoms with E-state index in [2.05, 4.69) is 0 Å². The van der Waals surface area contributed by atoms with E-state index in [0.29, 0.717) is 18.0 Å². The van der Waals surface area contributed by atoms with E-state index in [1.165, 1.54) is 19.3 Å². The number of carbonyl (C=O) groups is 2. The molecular formula is C15H17NO2. The lowest BCUT2D eigenvalue weighted by Crippen LogP contribution is -2.36. The average molecular weight is 243 g/mol. The maximum Gasteiger partial charge on any atom is 0.299 e. The summed E-state index contributed by atoms with van der Waals surface area (Å²) in [5.41, 5.74) is 3.41. The third kappa shape index (κ3) is 1.50. The van der Waals surface area contributed by atoms with Crippen LogP contribution in [0, 0.1) is 19.8 Å². The zero-order chi connectivity index (χ0) is 12.9. The molecule has 1 saturated carbocycles. The number of aryl methyl sites for hydroxylation is 2. The Kier molecular flexibility index (Phi) is 2.51. The summed E-state index contributed by atoms with van der Waals surface area (Å²) in [4.78, 5) is 25.9. The molecule has 3 heteroatoms. The highest BCUT2D eigenvalue weighted by Crippen LogP contribution is 2.37. The van der Waals surface area contributed by atoms with Crippen molar-refractivity contribution in [2.24, 2.45) is 5.92 Å². The Labute approximate surface area is 107 Å². The zero-order valence-electron chi connectivity index (χ0n) is 10.8. The Morgan fingerprint density at radius 3 is 2.44 bits per heavy atom. The van der Waals surface area contributed by atoms with Gasteiger partial charge in [-0.2, -0.15) is 0 Å². The van der Waals surface area contributed by atoms with E-state index in [0.717, 1.165) is 16.8 Å². The lowest BCUT2D eigenvalue weighted by molar-refractivity contribution is -0.114. The van der Waals surface area contributed by atoms with Crippen LogP contribution in [-0.4, -0.2) is 18.2 Å². The Morgan fingerprint density at radius 1 is 1.17 bits per heavy atom. The second-order valence-electron chi connectivity index (χ2n) is 5.46. The van der Waals surface area contributed by atoms with Gasteiger partial charge in [-0.25, -0.2) is 0 Å². The van der Waals surface area contributed by atoms with Crippen LogP contribution in [0.5, 0.6) is 0 Å². The van der Waals surface area contributed by atoms with Crippen molar-refractivity contribution >= 4 is 17.4 Å². The van der Waals surface area contributed by atoms with Crippen molar-refractivity contribution < 1.29 is 9.59 Å². The van der Waals surface area contributed by atoms with Crippen LogP contribution in [0.1, 0.15) is 40.7 Å². The quantitative estimate of drug-likeness (QED) is 0.749. The van der Waals surface area contributed by atoms with Gasteiger partial charge in [0.2, 0.25) is 0 Å². The van der Waals surface area contributed by atoms with E-state index in [1.807, 2.05) is 26.0 Å². The van der Waals surface area contributed by atoms with Crippen LogP contribution in [0.4, 0.5) is 5.69 Å². The number of Topliss-reactive ketones (excluding diaryl/α,β-unsaturated/α-hetero) is 1. The van der Waals surface area contributed by atoms with Crippen molar-refractivity contribution in [1.82, 2.24) is 0 Å². The number of nitrogens with zero attached hydrogens (tertiary/aromatic N) is 1. The fourth-order valence-corrected chi connectivity index (χ4v) is 2.87. The third-order valence-corrected chi connectivity index (χ3v) is 4.19. The SMILES string of the molecule is Cc1ccc(C)c2c1C(=O)C(=O)N2CC1CCC1. The van der Waals surface area contributed by atoms with Gasteiger partial charge in [-0.3, -0.25) is 9.59 Å². The van der Waals surface area contributed by atoms with Gasteiger partial charge in [0, 0.05) is 6.54 Å². The van der Waals surface area contributed by atoms with Gasteiger partial charge >= 0.3 is 0 Å². The van der Waals surface area contributed by atoms with E-state index in [4.69, 9.17) is 0 Å². The van der Waals surface area contributed by atoms with E-state index in [-0.39, 0.29) is 11.7 Å². The summed E-state index contributed by atoms with van der Waals surface area (Å²) in [6.07, 6.45) is 3.61. The first-order valence-electron chi connectivity index (χ1n) is 6.56. The summed E-state index contributed by atoms with van der Waals surface area (Å²) in [7, 11) is 0. The summed E-state index contributed by atoms with van der Waals surface area (Å²) >= 11 is 0. The molecule has 1 aromatic rings. The number of benzene rings is 1. The second-order valence-corrected chi connectivity index (χ2v) is 5.46. The Morgan fingerprint density at radius 2 is 1.83 bits per heavy atom. The summed E-state index contributed by atoms with van der Waals surface area (Å²) in [5.74, 6) is -0.0903. The van der Waals surface area contributed by atoms with Gasteiger partial charge in [0.1, 0.15) is 0 Å². The summed E-state index contributed by atoms with van der Waals surface area (Å²) in [6.45, 7) is 4.58. The van der Waals surface area contributed by atoms with Crippen LogP contribution in [0.3, 0.4) is 0 Å². The first kappa shape index (κ1) is 11.5. The highest BCUT2D eigenvalue weighted by Gasteiger charge is 2.39. The van der Waals surface area contributed by atoms with Gasteiger partial charge in [-0.05, 0) is 43.7 Å². The van der Waals surface area contributed by atoms with Crippen molar-refractivity contribution in [3.63, 3.8) is 0 Å². The van der Waals surface area contributed by atoms with Gasteiger partial charge in [-0.15, -0.1) is 0 Å². The first-order valence-corrected chi connectivity index (χ1v) is 6.56. The normalized spacial score (nSPS) is 19.1. The molecule has 18 heavy (non-hydrogen) atoms. The number of carbonyl (C=O) groups excluding carboxylic acids is 2. The lowest BCUT2D eigenvalue weighted by Gasteiger charge is -2.30. The van der Waals surface area contributed by atoms with Crippen LogP contribution < -0.4 is 4.90 Å². The molecule has 3 rings (SSSR count). The van der Waals surface area contributed by atoms with Crippen molar-refractivity contribution in [3.8, 4) is 0 Å². The topological polar surface area (TPSA) is 37.4 Å². The molecule has 0 atom stereocenters. The Bertz CT molecular complexity index is 544. The van der Waals surface area contributed by atoms with E-state index in [1.54, 1.807) is 4.90 Å². The van der Waals surface area contributed by atoms with Gasteiger partial charge in [0.05, 0.1) is 11.3 Å². The molecule has 1 aliphatic heterocycles. The van der Waals surface area contributed by atoms with Crippen molar-refractivity contribution in [2.45, 2.75) is 33.1 Å². The first-order chi connectivity index (χ1) is 8.59. The second kappa shape index (κ2) is 3.94. The molecule has 1 amide bonds. The number of anilines is 1. The molecule has 0 radical (unpaired) electrons. The summed E-state index contributed by atoms with van der Waals surface area (Å²) in [5, 5.41) is 0. The maximum atomic E-state index is 12.1. The van der Waals surface area contributed by atoms with Gasteiger partial charge in [0.25, 0.3) is 11.7 Å². The molecular weight excluding hydrogens is 226 g/mol. The van der Waals surface area contributed by atoms with Gasteiger partial charge < -0.3 is 4.90 Å². The smallest absolute Gasteiger partial charge is 0.299 e. The lowest BCUT2D eigenvalue weighted by atomic mass is 9.85. The molecule has 0 spiro atoms. The van der Waals surface area contributed by atoms with Crippen LogP contribution in [0.15, 0.2) is 12.1 Å². The molecule has 94 valence electrons. The number of fused-ring (bicyclic) bond motifs is 1. The largest absolute Gasteiger partial charge is 0.304 e. The number of ketones is 1. The predicted molar refractivity (Wildman–Crippen MR) is 69.9 cm³/mol. The predicted octanol–water partition coefficient (Wildman–Crippen LogP) is 2.63. The molecule has 0 saturated heterocycles. The fraction of sp³-hybridized carbons (Fsp3) is 0.467. The standard InChI is InChI=1S/C15H17NO2/c1-9-6-7-10(2)13-12(9)14(17)15(18)16(13)8-11-4-3-5-11/h6-7,11H,3-5,8H2,1-2H3. The molecule has 0 unspecified atom stereocenters. The maximum absolute atomic E-state index is 12.1. The Balaban J connectivity index is 2.05. The van der Waals surface area contributed by atoms with E-state index >= 15 is 0 Å². The van der Waals surface area contributed by atoms with Gasteiger partial charge in [0.15, 0.2) is 0 Å². The molecule has 2 aliphatic rings. The van der Waals surface area contributed by atoms with Gasteiger partial charge in [-0.1, -0.05) is 18.6 Å². The van der Waals surface area contributed by atoms with E-state index < -0.39 is 0 Å². The molecule has 3 nitrogen and oxygen atoms in total. The summed E-state index contributed by atoms with van der Waals surface area (Å²) < 4.78 is 0. The minimum Gasteiger partial charge on any atom is -0.304 e. The Hall–Kier alpha value is -1.64. The highest BCUT2D eigenvalue weighted by atomic mass is 16.2. The number of amides is 1. The molecule has 0 N–H and O–H groups in total. The number of hydrogen-bond acceptors (Lipinski definition) is 2. The minimum atomic E-state index is -0.339. The molecule has 1 heterocycles. The van der Waals surface area contributed by atoms with Crippen LogP contribution >= 0.6 is 0 Å².